The molecule has 2 saturated heterocycles. The Morgan fingerprint density at radius 2 is 2.29 bits per heavy atom. The summed E-state index contributed by atoms with van der Waals surface area (Å²) in [6.45, 7) is 1.40. The third-order valence-electron chi connectivity index (χ3n) is 4.02. The molecular formula is C12H15F2N3O4. The van der Waals surface area contributed by atoms with Crippen LogP contribution in [0.5, 0.6) is 0 Å². The molecule has 0 radical (unpaired) electrons. The number of carboxylic acids is 1. The number of carbonyl (C=O) groups is 1. The molecule has 3 rings (SSSR count). The summed E-state index contributed by atoms with van der Waals surface area (Å²) in [7, 11) is 0. The van der Waals surface area contributed by atoms with Crippen LogP contribution in [0.1, 0.15) is 47.9 Å². The molecule has 2 aliphatic heterocycles. The van der Waals surface area contributed by atoms with Gasteiger partial charge in [0.15, 0.2) is 5.69 Å². The number of aromatic nitrogens is 3. The Hall–Kier alpha value is -1.61. The lowest BCUT2D eigenvalue weighted by Crippen LogP contribution is -2.41. The molecule has 116 valence electrons. The van der Waals surface area contributed by atoms with Crippen molar-refractivity contribution in [1.82, 2.24) is 15.0 Å². The molecule has 0 saturated carbocycles. The summed E-state index contributed by atoms with van der Waals surface area (Å²) < 4.78 is 38.5. The monoisotopic (exact) mass is 303 g/mol. The second-order valence-electron chi connectivity index (χ2n) is 5.35. The number of nitrogens with zero attached hydrogens (tertiary/aromatic N) is 3. The average molecular weight is 303 g/mol. The van der Waals surface area contributed by atoms with Crippen molar-refractivity contribution >= 4 is 5.97 Å². The van der Waals surface area contributed by atoms with Gasteiger partial charge in [0, 0.05) is 26.1 Å². The molecule has 21 heavy (non-hydrogen) atoms. The number of ether oxygens (including phenoxy) is 2. The van der Waals surface area contributed by atoms with Gasteiger partial charge < -0.3 is 14.6 Å². The van der Waals surface area contributed by atoms with E-state index in [2.05, 4.69) is 10.3 Å². The van der Waals surface area contributed by atoms with Gasteiger partial charge in [0.2, 0.25) is 0 Å². The van der Waals surface area contributed by atoms with Gasteiger partial charge in [-0.1, -0.05) is 5.21 Å². The normalized spacial score (nSPS) is 29.4. The highest BCUT2D eigenvalue weighted by Gasteiger charge is 2.43. The van der Waals surface area contributed by atoms with Gasteiger partial charge in [-0.05, 0) is 6.42 Å². The lowest BCUT2D eigenvalue weighted by atomic mass is 9.89. The molecule has 9 heteroatoms. The zero-order valence-electron chi connectivity index (χ0n) is 11.2. The number of hydrogen-bond donors (Lipinski definition) is 1. The van der Waals surface area contributed by atoms with Crippen LogP contribution >= 0.6 is 0 Å². The molecule has 7 nitrogen and oxygen atoms in total. The second kappa shape index (κ2) is 5.30. The summed E-state index contributed by atoms with van der Waals surface area (Å²) in [5.41, 5.74) is -1.80. The highest BCUT2D eigenvalue weighted by atomic mass is 19.3. The van der Waals surface area contributed by atoms with E-state index in [-0.39, 0.29) is 6.04 Å². The fourth-order valence-corrected chi connectivity index (χ4v) is 3.00. The van der Waals surface area contributed by atoms with Gasteiger partial charge in [0.05, 0.1) is 18.2 Å². The van der Waals surface area contributed by atoms with Crippen molar-refractivity contribution in [2.24, 2.45) is 0 Å². The summed E-state index contributed by atoms with van der Waals surface area (Å²) >= 11 is 0. The van der Waals surface area contributed by atoms with E-state index in [1.54, 1.807) is 0 Å². The quantitative estimate of drug-likeness (QED) is 0.909. The van der Waals surface area contributed by atoms with Gasteiger partial charge in [-0.25, -0.2) is 18.3 Å². The van der Waals surface area contributed by atoms with Crippen LogP contribution in [0, 0.1) is 0 Å². The molecule has 2 atom stereocenters. The van der Waals surface area contributed by atoms with E-state index in [0.29, 0.717) is 39.1 Å². The van der Waals surface area contributed by atoms with Gasteiger partial charge >= 0.3 is 5.97 Å². The highest BCUT2D eigenvalue weighted by molar-refractivity contribution is 5.86. The number of hydrogen-bond acceptors (Lipinski definition) is 5. The smallest absolute Gasteiger partial charge is 0.358 e. The van der Waals surface area contributed by atoms with Crippen molar-refractivity contribution in [2.75, 3.05) is 19.8 Å². The summed E-state index contributed by atoms with van der Waals surface area (Å²) in [5, 5.41) is 16.0. The molecule has 0 amide bonds. The summed E-state index contributed by atoms with van der Waals surface area (Å²) in [4.78, 5) is 11.0. The zero-order valence-corrected chi connectivity index (χ0v) is 11.2. The summed E-state index contributed by atoms with van der Waals surface area (Å²) in [6, 6.07) is -0.356. The molecular weight excluding hydrogens is 288 g/mol. The Bertz CT molecular complexity index is 543. The van der Waals surface area contributed by atoms with Crippen molar-refractivity contribution in [3.63, 3.8) is 0 Å². The fourth-order valence-electron chi connectivity index (χ4n) is 3.00. The third-order valence-corrected chi connectivity index (χ3v) is 4.02. The van der Waals surface area contributed by atoms with E-state index in [4.69, 9.17) is 14.6 Å². The van der Waals surface area contributed by atoms with Crippen molar-refractivity contribution < 1.29 is 28.2 Å². The molecule has 1 aromatic rings. The van der Waals surface area contributed by atoms with Crippen LogP contribution in [-0.4, -0.2) is 51.5 Å². The van der Waals surface area contributed by atoms with Crippen LogP contribution < -0.4 is 0 Å². The molecule has 2 aliphatic rings. The average Bonchev–Trinajstić information content (AvgIpc) is 3.05. The van der Waals surface area contributed by atoms with E-state index in [9.17, 15) is 13.6 Å². The summed E-state index contributed by atoms with van der Waals surface area (Å²) in [6.07, 6.45) is -1.28. The molecule has 0 aromatic carbocycles. The number of carboxylic acid groups (broad SMARTS) is 1. The van der Waals surface area contributed by atoms with Crippen LogP contribution in [0.2, 0.25) is 0 Å². The van der Waals surface area contributed by atoms with E-state index in [0.717, 1.165) is 4.68 Å². The predicted octanol–water partition coefficient (Wildman–Crippen LogP) is 1.42. The van der Waals surface area contributed by atoms with E-state index in [1.165, 1.54) is 0 Å². The Morgan fingerprint density at radius 3 is 2.90 bits per heavy atom. The first-order chi connectivity index (χ1) is 10.0. The maximum absolute atomic E-state index is 13.2. The summed E-state index contributed by atoms with van der Waals surface area (Å²) in [5.74, 6) is -1.50. The second-order valence-corrected chi connectivity index (χ2v) is 5.35. The molecule has 0 bridgehead atoms. The van der Waals surface area contributed by atoms with Crippen molar-refractivity contribution in [3.05, 3.63) is 11.4 Å². The fraction of sp³-hybridized carbons (Fsp3) is 0.750. The molecule has 1 aromatic heterocycles. The molecule has 2 fully saturated rings. The van der Waals surface area contributed by atoms with Crippen LogP contribution in [0.4, 0.5) is 8.78 Å². The predicted molar refractivity (Wildman–Crippen MR) is 64.3 cm³/mol. The zero-order chi connectivity index (χ0) is 15.0. The minimum Gasteiger partial charge on any atom is -0.476 e. The number of alkyl halides is 2. The third kappa shape index (κ3) is 2.51. The minimum absolute atomic E-state index is 0.356. The molecule has 2 unspecified atom stereocenters. The van der Waals surface area contributed by atoms with E-state index >= 15 is 0 Å². The van der Waals surface area contributed by atoms with Crippen LogP contribution in [0.3, 0.4) is 0 Å². The highest BCUT2D eigenvalue weighted by Crippen LogP contribution is 2.39. The first kappa shape index (κ1) is 14.3. The molecule has 3 heterocycles. The number of rotatable bonds is 3. The van der Waals surface area contributed by atoms with Gasteiger partial charge in [-0.15, -0.1) is 5.10 Å². The molecule has 0 aliphatic carbocycles. The van der Waals surface area contributed by atoms with Crippen LogP contribution in [-0.2, 0) is 9.47 Å². The van der Waals surface area contributed by atoms with Gasteiger partial charge in [-0.2, -0.15) is 0 Å². The molecule has 1 N–H and O–H groups in total. The standard InChI is InChI=1S/C12H15F2N3O4/c13-10(14)9-8(11(18)19)15-16-17(9)7-1-3-21-12(5-7)2-4-20-6-12/h7,10H,1-6H2,(H,18,19). The number of aromatic carboxylic acids is 1. The van der Waals surface area contributed by atoms with E-state index in [1.807, 2.05) is 0 Å². The van der Waals surface area contributed by atoms with Gasteiger partial charge in [0.1, 0.15) is 5.69 Å². The number of halogens is 2. The van der Waals surface area contributed by atoms with Crippen molar-refractivity contribution in [3.8, 4) is 0 Å². The first-order valence-corrected chi connectivity index (χ1v) is 6.71. The van der Waals surface area contributed by atoms with Crippen molar-refractivity contribution in [2.45, 2.75) is 37.3 Å². The Balaban J connectivity index is 1.91. The topological polar surface area (TPSA) is 86.5 Å². The molecule has 1 spiro atoms. The van der Waals surface area contributed by atoms with Crippen LogP contribution in [0.15, 0.2) is 0 Å². The minimum atomic E-state index is -2.94. The maximum Gasteiger partial charge on any atom is 0.358 e. The Morgan fingerprint density at radius 1 is 1.48 bits per heavy atom. The first-order valence-electron chi connectivity index (χ1n) is 6.71. The maximum atomic E-state index is 13.2. The lowest BCUT2D eigenvalue weighted by molar-refractivity contribution is -0.0974. The SMILES string of the molecule is O=C(O)c1nnn(C2CCOC3(CCOC3)C2)c1C(F)F. The van der Waals surface area contributed by atoms with E-state index < -0.39 is 29.4 Å². The Kier molecular flexibility index (Phi) is 3.62. The largest absolute Gasteiger partial charge is 0.476 e. The van der Waals surface area contributed by atoms with Gasteiger partial charge in [-0.3, -0.25) is 0 Å². The van der Waals surface area contributed by atoms with Gasteiger partial charge in [0.25, 0.3) is 6.43 Å². The Labute approximate surface area is 118 Å². The van der Waals surface area contributed by atoms with Crippen molar-refractivity contribution in [1.29, 1.82) is 0 Å². The lowest BCUT2D eigenvalue weighted by Gasteiger charge is -2.37. The van der Waals surface area contributed by atoms with Crippen LogP contribution in [0.25, 0.3) is 0 Å².